The van der Waals surface area contributed by atoms with Crippen LogP contribution in [0, 0.1) is 13.5 Å². The summed E-state index contributed by atoms with van der Waals surface area (Å²) < 4.78 is 6.00. The number of nitrogens with zero attached hydrogens (tertiary/aromatic N) is 1. The third-order valence-corrected chi connectivity index (χ3v) is 5.67. The maximum absolute atomic E-state index is 11.5. The number of aromatic amines is 1. The minimum Gasteiger partial charge on any atom is -0.494 e. The first kappa shape index (κ1) is 16.4. The number of ether oxygens (including phenoxy) is 1. The summed E-state index contributed by atoms with van der Waals surface area (Å²) >= 11 is 1.07. The summed E-state index contributed by atoms with van der Waals surface area (Å²) in [6.07, 6.45) is 1.73. The maximum atomic E-state index is 11.5. The fraction of sp³-hybridized carbons (Fsp3) is 0.200. The second-order valence-electron chi connectivity index (χ2n) is 6.34. The van der Waals surface area contributed by atoms with E-state index >= 15 is 0 Å². The minimum absolute atomic E-state index is 0.0197. The van der Waals surface area contributed by atoms with Gasteiger partial charge in [0.05, 0.1) is 11.4 Å². The Balaban J connectivity index is 1.62. The van der Waals surface area contributed by atoms with Crippen LogP contribution in [0.5, 0.6) is 17.4 Å². The lowest BCUT2D eigenvalue weighted by atomic mass is 10.00. The van der Waals surface area contributed by atoms with E-state index in [1.807, 2.05) is 37.3 Å². The number of fused-ring (bicyclic) bond motifs is 1. The Labute approximate surface area is 154 Å². The molecule has 0 saturated heterocycles. The Morgan fingerprint density at radius 2 is 2.15 bits per heavy atom. The molecule has 130 valence electrons. The largest absolute Gasteiger partial charge is 0.494 e. The summed E-state index contributed by atoms with van der Waals surface area (Å²) in [4.78, 5) is 17.8. The molecule has 0 bridgehead atoms. The molecule has 1 atom stereocenters. The van der Waals surface area contributed by atoms with Crippen molar-refractivity contribution in [2.24, 2.45) is 0 Å². The van der Waals surface area contributed by atoms with Gasteiger partial charge in [-0.25, -0.2) is 4.85 Å². The van der Waals surface area contributed by atoms with E-state index in [4.69, 9.17) is 11.3 Å². The SMILES string of the molecule is [C-]#[N+]c1ccc(Oc2ccc3c(c2)CC[C@H]3c2sc(=O)[nH]c2O)c(C)c1. The van der Waals surface area contributed by atoms with Crippen LogP contribution in [0.25, 0.3) is 4.85 Å². The van der Waals surface area contributed by atoms with Crippen molar-refractivity contribution in [1.29, 1.82) is 0 Å². The van der Waals surface area contributed by atoms with E-state index in [9.17, 15) is 9.90 Å². The van der Waals surface area contributed by atoms with E-state index in [-0.39, 0.29) is 16.7 Å². The molecular formula is C20H16N2O3S. The number of aromatic hydroxyl groups is 1. The number of rotatable bonds is 3. The minimum atomic E-state index is -0.232. The molecule has 1 aliphatic carbocycles. The zero-order chi connectivity index (χ0) is 18.3. The number of hydrogen-bond acceptors (Lipinski definition) is 4. The summed E-state index contributed by atoms with van der Waals surface area (Å²) in [6, 6.07) is 11.3. The third kappa shape index (κ3) is 2.87. The fourth-order valence-corrected chi connectivity index (χ4v) is 4.32. The van der Waals surface area contributed by atoms with Crippen molar-refractivity contribution in [3.05, 3.63) is 79.1 Å². The molecule has 0 amide bonds. The molecular weight excluding hydrogens is 348 g/mol. The van der Waals surface area contributed by atoms with Crippen molar-refractivity contribution in [2.75, 3.05) is 0 Å². The molecule has 0 saturated carbocycles. The molecule has 0 unspecified atom stereocenters. The molecule has 3 aromatic rings. The molecule has 1 aliphatic rings. The molecule has 0 spiro atoms. The number of aryl methyl sites for hydroxylation is 2. The molecule has 4 rings (SSSR count). The van der Waals surface area contributed by atoms with Gasteiger partial charge in [-0.2, -0.15) is 0 Å². The quantitative estimate of drug-likeness (QED) is 0.652. The van der Waals surface area contributed by atoms with Crippen molar-refractivity contribution >= 4 is 17.0 Å². The summed E-state index contributed by atoms with van der Waals surface area (Å²) in [6.45, 7) is 8.99. The third-order valence-electron chi connectivity index (χ3n) is 4.68. The lowest BCUT2D eigenvalue weighted by Crippen LogP contribution is -1.94. The van der Waals surface area contributed by atoms with Gasteiger partial charge in [0.15, 0.2) is 5.69 Å². The van der Waals surface area contributed by atoms with E-state index in [0.29, 0.717) is 10.6 Å². The Morgan fingerprint density at radius 1 is 1.31 bits per heavy atom. The van der Waals surface area contributed by atoms with Gasteiger partial charge in [-0.05, 0) is 60.7 Å². The van der Waals surface area contributed by atoms with Crippen LogP contribution in [0.2, 0.25) is 0 Å². The first-order valence-corrected chi connectivity index (χ1v) is 9.07. The van der Waals surface area contributed by atoms with Gasteiger partial charge in [0, 0.05) is 5.92 Å². The molecule has 1 aromatic heterocycles. The highest BCUT2D eigenvalue weighted by Gasteiger charge is 2.28. The van der Waals surface area contributed by atoms with Crippen LogP contribution in [0.4, 0.5) is 5.69 Å². The van der Waals surface area contributed by atoms with E-state index < -0.39 is 0 Å². The van der Waals surface area contributed by atoms with Gasteiger partial charge in [-0.1, -0.05) is 23.5 Å². The van der Waals surface area contributed by atoms with Crippen LogP contribution in [-0.2, 0) is 6.42 Å². The Bertz CT molecular complexity index is 1090. The van der Waals surface area contributed by atoms with Crippen molar-refractivity contribution < 1.29 is 9.84 Å². The van der Waals surface area contributed by atoms with Crippen LogP contribution in [0.1, 0.15) is 33.9 Å². The van der Waals surface area contributed by atoms with Gasteiger partial charge >= 0.3 is 4.87 Å². The number of benzene rings is 2. The molecule has 5 nitrogen and oxygen atoms in total. The number of hydrogen-bond donors (Lipinski definition) is 2. The maximum Gasteiger partial charge on any atom is 0.307 e. The van der Waals surface area contributed by atoms with Crippen molar-refractivity contribution in [1.82, 2.24) is 4.98 Å². The number of thiazole rings is 1. The second-order valence-corrected chi connectivity index (χ2v) is 7.36. The van der Waals surface area contributed by atoms with Gasteiger partial charge < -0.3 is 9.84 Å². The summed E-state index contributed by atoms with van der Waals surface area (Å²) in [5.41, 5.74) is 3.81. The van der Waals surface area contributed by atoms with Crippen molar-refractivity contribution in [3.63, 3.8) is 0 Å². The number of H-pyrrole nitrogens is 1. The zero-order valence-corrected chi connectivity index (χ0v) is 14.9. The van der Waals surface area contributed by atoms with Crippen LogP contribution in [0.3, 0.4) is 0 Å². The lowest BCUT2D eigenvalue weighted by Gasteiger charge is -2.12. The molecule has 0 aliphatic heterocycles. The highest BCUT2D eigenvalue weighted by molar-refractivity contribution is 7.09. The molecule has 0 fully saturated rings. The van der Waals surface area contributed by atoms with Gasteiger partial charge in [-0.3, -0.25) is 9.78 Å². The summed E-state index contributed by atoms with van der Waals surface area (Å²) in [7, 11) is 0. The first-order valence-electron chi connectivity index (χ1n) is 8.26. The van der Waals surface area contributed by atoms with Gasteiger partial charge in [0.2, 0.25) is 5.88 Å². The normalized spacial score (nSPS) is 15.5. The van der Waals surface area contributed by atoms with Crippen LogP contribution < -0.4 is 9.61 Å². The topological polar surface area (TPSA) is 66.7 Å². The van der Waals surface area contributed by atoms with E-state index in [0.717, 1.165) is 46.8 Å². The Hall–Kier alpha value is -3.04. The highest BCUT2D eigenvalue weighted by atomic mass is 32.1. The Morgan fingerprint density at radius 3 is 2.85 bits per heavy atom. The molecule has 1 heterocycles. The van der Waals surface area contributed by atoms with Gasteiger partial charge in [0.1, 0.15) is 11.5 Å². The molecule has 2 N–H and O–H groups in total. The predicted molar refractivity (Wildman–Crippen MR) is 101 cm³/mol. The monoisotopic (exact) mass is 364 g/mol. The average Bonchev–Trinajstić information content (AvgIpc) is 3.18. The lowest BCUT2D eigenvalue weighted by molar-refractivity contribution is 0.447. The zero-order valence-electron chi connectivity index (χ0n) is 14.1. The number of nitrogens with one attached hydrogen (secondary N) is 1. The number of aromatic nitrogens is 1. The van der Waals surface area contributed by atoms with Crippen LogP contribution in [0.15, 0.2) is 41.2 Å². The van der Waals surface area contributed by atoms with E-state index in [1.54, 1.807) is 6.07 Å². The van der Waals surface area contributed by atoms with E-state index in [2.05, 4.69) is 9.83 Å². The molecule has 0 radical (unpaired) electrons. The molecule has 26 heavy (non-hydrogen) atoms. The van der Waals surface area contributed by atoms with Crippen molar-refractivity contribution in [3.8, 4) is 17.4 Å². The smallest absolute Gasteiger partial charge is 0.307 e. The highest BCUT2D eigenvalue weighted by Crippen LogP contribution is 2.43. The second kappa shape index (κ2) is 6.36. The average molecular weight is 364 g/mol. The standard InChI is InChI=1S/C20H16N2O3S/c1-11-9-13(21-2)4-8-17(11)25-14-5-7-15-12(10-14)3-6-16(15)18-19(23)22-20(24)26-18/h4-5,7-10,16,23H,3,6H2,1H3,(H,22,24)/t16-/m1/s1. The van der Waals surface area contributed by atoms with Gasteiger partial charge in [0.25, 0.3) is 0 Å². The summed E-state index contributed by atoms with van der Waals surface area (Å²) in [5.74, 6) is 1.50. The first-order chi connectivity index (χ1) is 12.5. The van der Waals surface area contributed by atoms with Crippen molar-refractivity contribution in [2.45, 2.75) is 25.7 Å². The fourth-order valence-electron chi connectivity index (χ4n) is 3.44. The molecule has 6 heteroatoms. The Kier molecular flexibility index (Phi) is 4.02. The predicted octanol–water partition coefficient (Wildman–Crippen LogP) is 4.87. The van der Waals surface area contributed by atoms with Gasteiger partial charge in [-0.15, -0.1) is 0 Å². The van der Waals surface area contributed by atoms with E-state index in [1.165, 1.54) is 5.56 Å². The molecule has 2 aromatic carbocycles. The van der Waals surface area contributed by atoms with Crippen LogP contribution in [-0.4, -0.2) is 10.1 Å². The summed E-state index contributed by atoms with van der Waals surface area (Å²) in [5, 5.41) is 9.95. The van der Waals surface area contributed by atoms with Crippen LogP contribution >= 0.6 is 11.3 Å².